The molecule has 4 nitrogen and oxygen atoms in total. The summed E-state index contributed by atoms with van der Waals surface area (Å²) in [6.45, 7) is 1.12. The maximum absolute atomic E-state index is 6.23. The summed E-state index contributed by atoms with van der Waals surface area (Å²) in [6.07, 6.45) is 3.53. The maximum Gasteiger partial charge on any atom is 0.169 e. The highest BCUT2D eigenvalue weighted by Crippen LogP contribution is 2.46. The largest absolute Gasteiger partial charge is 0.493 e. The van der Waals surface area contributed by atoms with Crippen LogP contribution in [0.25, 0.3) is 11.1 Å². The number of benzene rings is 2. The molecule has 0 unspecified atom stereocenters. The summed E-state index contributed by atoms with van der Waals surface area (Å²) >= 11 is 12.9. The molecule has 0 bridgehead atoms. The number of ether oxygens (including phenoxy) is 4. The first-order valence-electron chi connectivity index (χ1n) is 10.2. The van der Waals surface area contributed by atoms with Crippen molar-refractivity contribution in [1.29, 1.82) is 0 Å². The number of hydrogen-bond acceptors (Lipinski definition) is 7. The van der Waals surface area contributed by atoms with Crippen LogP contribution >= 0.6 is 37.9 Å². The SMILES string of the molecule is COc1cccc(-c2ccc(CCCS)c(OC)c2OCCCS)c1OCCCS. The van der Waals surface area contributed by atoms with Crippen molar-refractivity contribution in [3.8, 4) is 34.1 Å². The predicted molar refractivity (Wildman–Crippen MR) is 135 cm³/mol. The van der Waals surface area contributed by atoms with E-state index in [-0.39, 0.29) is 0 Å². The first kappa shape index (κ1) is 25.0. The fraction of sp³-hybridized carbons (Fsp3) is 0.478. The van der Waals surface area contributed by atoms with Crippen LogP contribution in [0, 0.1) is 0 Å². The molecule has 7 heteroatoms. The third-order valence-corrected chi connectivity index (χ3v) is 5.54. The molecule has 0 N–H and O–H groups in total. The smallest absolute Gasteiger partial charge is 0.169 e. The number of aryl methyl sites for hydroxylation is 1. The van der Waals surface area contributed by atoms with E-state index in [1.165, 1.54) is 0 Å². The third-order valence-electron chi connectivity index (χ3n) is 4.59. The topological polar surface area (TPSA) is 36.9 Å². The second-order valence-corrected chi connectivity index (χ2v) is 7.99. The van der Waals surface area contributed by atoms with Crippen molar-refractivity contribution in [3.63, 3.8) is 0 Å². The Bertz CT molecular complexity index is 783. The van der Waals surface area contributed by atoms with Crippen molar-refractivity contribution in [3.05, 3.63) is 35.9 Å². The zero-order valence-electron chi connectivity index (χ0n) is 17.7. The minimum absolute atomic E-state index is 0.558. The average Bonchev–Trinajstić information content (AvgIpc) is 2.78. The lowest BCUT2D eigenvalue weighted by atomic mass is 9.98. The van der Waals surface area contributed by atoms with Gasteiger partial charge in [0.15, 0.2) is 23.0 Å². The van der Waals surface area contributed by atoms with Gasteiger partial charge in [-0.1, -0.05) is 18.2 Å². The van der Waals surface area contributed by atoms with E-state index in [0.29, 0.717) is 24.7 Å². The summed E-state index contributed by atoms with van der Waals surface area (Å²) in [6, 6.07) is 10.1. The fourth-order valence-electron chi connectivity index (χ4n) is 3.16. The van der Waals surface area contributed by atoms with Crippen LogP contribution < -0.4 is 18.9 Å². The van der Waals surface area contributed by atoms with E-state index in [1.54, 1.807) is 14.2 Å². The van der Waals surface area contributed by atoms with E-state index in [1.807, 2.05) is 18.2 Å². The molecule has 0 heterocycles. The molecule has 0 atom stereocenters. The van der Waals surface area contributed by atoms with E-state index in [0.717, 1.165) is 71.1 Å². The minimum atomic E-state index is 0.558. The summed E-state index contributed by atoms with van der Waals surface area (Å²) in [5, 5.41) is 0. The maximum atomic E-state index is 6.23. The quantitative estimate of drug-likeness (QED) is 0.248. The molecule has 0 aliphatic heterocycles. The molecule has 166 valence electrons. The third kappa shape index (κ3) is 6.59. The van der Waals surface area contributed by atoms with Crippen molar-refractivity contribution in [2.75, 3.05) is 44.7 Å². The number of methoxy groups -OCH3 is 2. The van der Waals surface area contributed by atoms with E-state index in [2.05, 4.69) is 50.0 Å². The van der Waals surface area contributed by atoms with E-state index < -0.39 is 0 Å². The van der Waals surface area contributed by atoms with Crippen LogP contribution in [0.2, 0.25) is 0 Å². The van der Waals surface area contributed by atoms with Gasteiger partial charge in [0.2, 0.25) is 0 Å². The monoisotopic (exact) mass is 468 g/mol. The molecule has 0 saturated carbocycles. The van der Waals surface area contributed by atoms with Gasteiger partial charge in [-0.3, -0.25) is 0 Å². The Morgan fingerprint density at radius 2 is 1.30 bits per heavy atom. The summed E-state index contributed by atoms with van der Waals surface area (Å²) in [7, 11) is 3.33. The molecule has 0 aliphatic rings. The van der Waals surface area contributed by atoms with Gasteiger partial charge in [0.1, 0.15) is 0 Å². The molecule has 0 radical (unpaired) electrons. The van der Waals surface area contributed by atoms with Gasteiger partial charge in [0, 0.05) is 11.1 Å². The standard InChI is InChI=1S/C23H32O4S3/c1-24-20-9-3-8-18(22(20)26-12-5-15-29)19-11-10-17(7-4-14-28)21(25-2)23(19)27-13-6-16-30/h3,8-11,28-30H,4-7,12-16H2,1-2H3. The molecule has 0 spiro atoms. The highest BCUT2D eigenvalue weighted by atomic mass is 32.1. The molecule has 0 amide bonds. The Morgan fingerprint density at radius 3 is 1.90 bits per heavy atom. The summed E-state index contributed by atoms with van der Waals surface area (Å²) in [4.78, 5) is 0. The number of rotatable bonds is 14. The van der Waals surface area contributed by atoms with Crippen molar-refractivity contribution in [1.82, 2.24) is 0 Å². The Morgan fingerprint density at radius 1 is 0.667 bits per heavy atom. The first-order chi connectivity index (χ1) is 14.7. The summed E-state index contributed by atoms with van der Waals surface area (Å²) < 4.78 is 23.7. The molecule has 0 aliphatic carbocycles. The van der Waals surface area contributed by atoms with Crippen LogP contribution in [0.3, 0.4) is 0 Å². The van der Waals surface area contributed by atoms with Gasteiger partial charge < -0.3 is 18.9 Å². The zero-order valence-corrected chi connectivity index (χ0v) is 20.4. The highest BCUT2D eigenvalue weighted by Gasteiger charge is 2.21. The Labute approximate surface area is 196 Å². The van der Waals surface area contributed by atoms with Gasteiger partial charge in [-0.2, -0.15) is 37.9 Å². The van der Waals surface area contributed by atoms with Crippen molar-refractivity contribution in [2.45, 2.75) is 25.7 Å². The Balaban J connectivity index is 2.58. The second kappa shape index (κ2) is 13.9. The highest BCUT2D eigenvalue weighted by molar-refractivity contribution is 7.80. The van der Waals surface area contributed by atoms with Crippen LogP contribution in [0.5, 0.6) is 23.0 Å². The lowest BCUT2D eigenvalue weighted by Crippen LogP contribution is -2.06. The zero-order chi connectivity index (χ0) is 21.8. The molecule has 0 fully saturated rings. The van der Waals surface area contributed by atoms with E-state index in [9.17, 15) is 0 Å². The lowest BCUT2D eigenvalue weighted by Gasteiger charge is -2.21. The van der Waals surface area contributed by atoms with E-state index >= 15 is 0 Å². The van der Waals surface area contributed by atoms with Crippen LogP contribution in [0.1, 0.15) is 24.8 Å². The van der Waals surface area contributed by atoms with Gasteiger partial charge in [-0.25, -0.2) is 0 Å². The predicted octanol–water partition coefficient (Wildman–Crippen LogP) is 5.63. The van der Waals surface area contributed by atoms with E-state index in [4.69, 9.17) is 18.9 Å². The fourth-order valence-corrected chi connectivity index (χ4v) is 3.58. The van der Waals surface area contributed by atoms with Gasteiger partial charge in [0.05, 0.1) is 27.4 Å². The first-order valence-corrected chi connectivity index (χ1v) is 12.1. The van der Waals surface area contributed by atoms with Crippen molar-refractivity contribution >= 4 is 37.9 Å². The molecule has 30 heavy (non-hydrogen) atoms. The van der Waals surface area contributed by atoms with Crippen LogP contribution in [0.15, 0.2) is 30.3 Å². The second-order valence-electron chi connectivity index (χ2n) is 6.65. The van der Waals surface area contributed by atoms with Crippen molar-refractivity contribution < 1.29 is 18.9 Å². The molecule has 0 aromatic heterocycles. The summed E-state index contributed by atoms with van der Waals surface area (Å²) in [5.41, 5.74) is 2.94. The van der Waals surface area contributed by atoms with Gasteiger partial charge >= 0.3 is 0 Å². The minimum Gasteiger partial charge on any atom is -0.493 e. The van der Waals surface area contributed by atoms with Gasteiger partial charge in [0.25, 0.3) is 0 Å². The number of hydrogen-bond donors (Lipinski definition) is 3. The summed E-state index contributed by atoms with van der Waals surface area (Å²) in [5.74, 6) is 5.21. The van der Waals surface area contributed by atoms with Crippen LogP contribution in [-0.2, 0) is 6.42 Å². The lowest BCUT2D eigenvalue weighted by molar-refractivity contribution is 0.291. The number of para-hydroxylation sites is 1. The Kier molecular flexibility index (Phi) is 11.6. The van der Waals surface area contributed by atoms with Crippen LogP contribution in [0.4, 0.5) is 0 Å². The van der Waals surface area contributed by atoms with Crippen LogP contribution in [-0.4, -0.2) is 44.7 Å². The normalized spacial score (nSPS) is 10.7. The number of thiol groups is 3. The molecule has 2 aromatic rings. The molecule has 0 saturated heterocycles. The molecule has 2 aromatic carbocycles. The molecule has 2 rings (SSSR count). The average molecular weight is 469 g/mol. The Hall–Kier alpha value is -1.31. The molecular weight excluding hydrogens is 436 g/mol. The molecular formula is C23H32O4S3. The van der Waals surface area contributed by atoms with Gasteiger partial charge in [-0.15, -0.1) is 0 Å². The van der Waals surface area contributed by atoms with Crippen molar-refractivity contribution in [2.24, 2.45) is 0 Å². The van der Waals surface area contributed by atoms with Gasteiger partial charge in [-0.05, 0) is 60.6 Å².